The van der Waals surface area contributed by atoms with Gasteiger partial charge in [0.1, 0.15) is 11.3 Å². The van der Waals surface area contributed by atoms with E-state index in [-0.39, 0.29) is 17.7 Å². The third-order valence-corrected chi connectivity index (χ3v) is 6.78. The van der Waals surface area contributed by atoms with Gasteiger partial charge in [0.25, 0.3) is 5.95 Å². The molecule has 0 bridgehead atoms. The van der Waals surface area contributed by atoms with E-state index in [1.54, 1.807) is 6.07 Å². The highest BCUT2D eigenvalue weighted by Gasteiger charge is 2.31. The number of nitrogens with zero attached hydrogens (tertiary/aromatic N) is 6. The summed E-state index contributed by atoms with van der Waals surface area (Å²) in [5.74, 6) is 1.34. The Balaban J connectivity index is 1.25. The second-order valence-corrected chi connectivity index (χ2v) is 9.58. The van der Waals surface area contributed by atoms with Crippen molar-refractivity contribution in [1.82, 2.24) is 29.7 Å². The highest BCUT2D eigenvalue weighted by atomic mass is 19.1. The minimum Gasteiger partial charge on any atom is -0.465 e. The molecule has 0 radical (unpaired) electrons. The molecule has 1 N–H and O–H groups in total. The lowest BCUT2D eigenvalue weighted by molar-refractivity contribution is 0.152. The monoisotopic (exact) mass is 456 g/mol. The molecule has 3 aromatic rings. The van der Waals surface area contributed by atoms with Crippen molar-refractivity contribution >= 4 is 17.0 Å². The molecule has 0 aliphatic carbocycles. The molecule has 1 amide bonds. The van der Waals surface area contributed by atoms with Crippen molar-refractivity contribution in [2.24, 2.45) is 11.8 Å². The third-order valence-electron chi connectivity index (χ3n) is 6.78. The molecule has 2 fully saturated rings. The van der Waals surface area contributed by atoms with Gasteiger partial charge in [0, 0.05) is 38.0 Å². The van der Waals surface area contributed by atoms with Crippen LogP contribution in [0.15, 0.2) is 22.7 Å². The average molecular weight is 457 g/mol. The maximum Gasteiger partial charge on any atom is 0.407 e. The Hall–Kier alpha value is -3.01. The molecule has 2 aliphatic rings. The van der Waals surface area contributed by atoms with Gasteiger partial charge in [0.15, 0.2) is 0 Å². The van der Waals surface area contributed by atoms with Crippen molar-refractivity contribution in [1.29, 1.82) is 0 Å². The fourth-order valence-electron chi connectivity index (χ4n) is 5.15. The van der Waals surface area contributed by atoms with Crippen molar-refractivity contribution in [3.05, 3.63) is 35.6 Å². The molecule has 9 nitrogen and oxygen atoms in total. The number of fused-ring (bicyclic) bond motifs is 1. The fourth-order valence-corrected chi connectivity index (χ4v) is 5.15. The first-order valence-electron chi connectivity index (χ1n) is 11.6. The van der Waals surface area contributed by atoms with Crippen LogP contribution in [0.4, 0.5) is 9.18 Å². The summed E-state index contributed by atoms with van der Waals surface area (Å²) in [6, 6.07) is 4.97. The van der Waals surface area contributed by atoms with Crippen LogP contribution >= 0.6 is 0 Å². The van der Waals surface area contributed by atoms with E-state index in [4.69, 9.17) is 9.63 Å². The normalized spacial score (nSPS) is 21.6. The molecule has 0 unspecified atom stereocenters. The number of halogens is 1. The predicted molar refractivity (Wildman–Crippen MR) is 119 cm³/mol. The Kier molecular flexibility index (Phi) is 5.77. The van der Waals surface area contributed by atoms with E-state index in [9.17, 15) is 9.18 Å². The van der Waals surface area contributed by atoms with Gasteiger partial charge in [-0.15, -0.1) is 0 Å². The quantitative estimate of drug-likeness (QED) is 0.605. The van der Waals surface area contributed by atoms with Gasteiger partial charge in [-0.05, 0) is 48.4 Å². The Morgan fingerprint density at radius 2 is 2.06 bits per heavy atom. The zero-order valence-electron chi connectivity index (χ0n) is 18.9. The van der Waals surface area contributed by atoms with Gasteiger partial charge in [0.05, 0.1) is 5.69 Å². The summed E-state index contributed by atoms with van der Waals surface area (Å²) in [7, 11) is 0. The molecule has 1 aromatic carbocycles. The number of benzene rings is 1. The molecule has 176 valence electrons. The summed E-state index contributed by atoms with van der Waals surface area (Å²) in [5, 5.41) is 18.6. The van der Waals surface area contributed by atoms with Gasteiger partial charge in [-0.1, -0.05) is 26.0 Å². The second-order valence-electron chi connectivity index (χ2n) is 9.58. The van der Waals surface area contributed by atoms with Crippen molar-refractivity contribution in [3.8, 4) is 5.95 Å². The van der Waals surface area contributed by atoms with Crippen LogP contribution in [0.3, 0.4) is 0 Å². The fraction of sp³-hybridized carbons (Fsp3) is 0.565. The van der Waals surface area contributed by atoms with Crippen molar-refractivity contribution in [2.75, 3.05) is 32.7 Å². The number of likely N-dealkylation sites (tertiary alicyclic amines) is 2. The van der Waals surface area contributed by atoms with Crippen LogP contribution in [0.25, 0.3) is 16.9 Å². The van der Waals surface area contributed by atoms with Gasteiger partial charge in [0.2, 0.25) is 5.89 Å². The predicted octanol–water partition coefficient (Wildman–Crippen LogP) is 3.54. The first kappa shape index (κ1) is 21.8. The van der Waals surface area contributed by atoms with Crippen LogP contribution in [0.1, 0.15) is 44.2 Å². The highest BCUT2D eigenvalue weighted by molar-refractivity contribution is 5.84. The molecule has 2 atom stereocenters. The lowest BCUT2D eigenvalue weighted by atomic mass is 10.1. The Labute approximate surface area is 191 Å². The molecule has 4 heterocycles. The van der Waals surface area contributed by atoms with E-state index in [0.29, 0.717) is 42.8 Å². The topological polar surface area (TPSA) is 101 Å². The number of amides is 1. The van der Waals surface area contributed by atoms with Crippen LogP contribution in [0.2, 0.25) is 0 Å². The number of hydrogen-bond acceptors (Lipinski definition) is 6. The summed E-state index contributed by atoms with van der Waals surface area (Å²) in [6.07, 6.45) is 1.79. The van der Waals surface area contributed by atoms with Crippen LogP contribution in [-0.2, 0) is 6.42 Å². The zero-order valence-corrected chi connectivity index (χ0v) is 18.9. The van der Waals surface area contributed by atoms with Crippen LogP contribution in [0.5, 0.6) is 0 Å². The minimum atomic E-state index is -0.825. The summed E-state index contributed by atoms with van der Waals surface area (Å²) in [5.41, 5.74) is 1.17. The summed E-state index contributed by atoms with van der Waals surface area (Å²) in [6.45, 7) is 8.14. The molecular formula is C23H29FN6O3. The van der Waals surface area contributed by atoms with E-state index in [1.807, 2.05) is 19.9 Å². The third kappa shape index (κ3) is 4.31. The molecule has 2 aliphatic heterocycles. The van der Waals surface area contributed by atoms with Gasteiger partial charge >= 0.3 is 6.09 Å². The first-order valence-corrected chi connectivity index (χ1v) is 11.6. The maximum atomic E-state index is 14.6. The summed E-state index contributed by atoms with van der Waals surface area (Å²) < 4.78 is 21.6. The Morgan fingerprint density at radius 1 is 1.24 bits per heavy atom. The molecule has 10 heteroatoms. The van der Waals surface area contributed by atoms with Gasteiger partial charge in [-0.2, -0.15) is 14.8 Å². The molecular weight excluding hydrogens is 427 g/mol. The SMILES string of the molecule is CC(C)c1nn(-c2noc(C[C@H]3CCN(C[C@@H]4CCN(C(=O)O)C4)C3)n2)c2c(F)cccc12. The molecule has 2 saturated heterocycles. The standard InChI is InChI=1S/C23H29FN6O3/c1-14(2)20-17-4-3-5-18(24)21(17)30(26-20)22-25-19(33-27-22)10-15-6-8-28(11-15)12-16-7-9-29(13-16)23(31)32/h3-5,14-16H,6-13H2,1-2H3,(H,31,32)/t15-,16+/m1/s1. The van der Waals surface area contributed by atoms with Crippen LogP contribution in [0, 0.1) is 17.7 Å². The number of para-hydroxylation sites is 1. The second kappa shape index (κ2) is 8.74. The van der Waals surface area contributed by atoms with E-state index >= 15 is 0 Å². The Morgan fingerprint density at radius 3 is 2.82 bits per heavy atom. The molecule has 0 spiro atoms. The number of carbonyl (C=O) groups is 1. The maximum absolute atomic E-state index is 14.6. The molecule has 5 rings (SSSR count). The summed E-state index contributed by atoms with van der Waals surface area (Å²) in [4.78, 5) is 19.6. The number of carboxylic acid groups (broad SMARTS) is 1. The highest BCUT2D eigenvalue weighted by Crippen LogP contribution is 2.29. The van der Waals surface area contributed by atoms with Gasteiger partial charge in [-0.25, -0.2) is 9.18 Å². The Bertz CT molecular complexity index is 1160. The van der Waals surface area contributed by atoms with Crippen molar-refractivity contribution < 1.29 is 18.8 Å². The number of rotatable bonds is 6. The zero-order chi connectivity index (χ0) is 23.1. The number of hydrogen-bond donors (Lipinski definition) is 1. The van der Waals surface area contributed by atoms with Crippen molar-refractivity contribution in [3.63, 3.8) is 0 Å². The number of aromatic nitrogens is 4. The lowest BCUT2D eigenvalue weighted by Crippen LogP contribution is -2.31. The van der Waals surface area contributed by atoms with E-state index in [1.165, 1.54) is 15.6 Å². The lowest BCUT2D eigenvalue weighted by Gasteiger charge is -2.20. The average Bonchev–Trinajstić information content (AvgIpc) is 3.55. The smallest absolute Gasteiger partial charge is 0.407 e. The van der Waals surface area contributed by atoms with Crippen LogP contribution in [-0.4, -0.2) is 73.6 Å². The van der Waals surface area contributed by atoms with Gasteiger partial charge in [-0.3, -0.25) is 0 Å². The molecule has 33 heavy (non-hydrogen) atoms. The molecule has 0 saturated carbocycles. The van der Waals surface area contributed by atoms with Gasteiger partial charge < -0.3 is 19.4 Å². The van der Waals surface area contributed by atoms with Crippen molar-refractivity contribution in [2.45, 2.75) is 39.0 Å². The van der Waals surface area contributed by atoms with E-state index in [0.717, 1.165) is 43.6 Å². The minimum absolute atomic E-state index is 0.133. The van der Waals surface area contributed by atoms with Crippen LogP contribution < -0.4 is 0 Å². The largest absolute Gasteiger partial charge is 0.465 e. The molecule has 2 aromatic heterocycles. The van der Waals surface area contributed by atoms with E-state index < -0.39 is 6.09 Å². The first-order chi connectivity index (χ1) is 15.9. The van der Waals surface area contributed by atoms with E-state index in [2.05, 4.69) is 20.1 Å². The summed E-state index contributed by atoms with van der Waals surface area (Å²) >= 11 is 0.